The summed E-state index contributed by atoms with van der Waals surface area (Å²) in [6.07, 6.45) is 2.17. The van der Waals surface area contributed by atoms with Gasteiger partial charge in [0.2, 0.25) is 0 Å². The molecule has 0 bridgehead atoms. The Morgan fingerprint density at radius 2 is 2.10 bits per heavy atom. The van der Waals surface area contributed by atoms with Crippen molar-refractivity contribution in [2.45, 2.75) is 12.5 Å². The lowest BCUT2D eigenvalue weighted by molar-refractivity contribution is 0.425. The zero-order valence-corrected chi connectivity index (χ0v) is 13.6. The third-order valence-electron chi connectivity index (χ3n) is 3.64. The first-order valence-corrected chi connectivity index (χ1v) is 8.83. The van der Waals surface area contributed by atoms with Gasteiger partial charge in [0, 0.05) is 32.2 Å². The minimum Gasteiger partial charge on any atom is -0.369 e. The monoisotopic (exact) mass is 313 g/mol. The van der Waals surface area contributed by atoms with Crippen molar-refractivity contribution in [3.63, 3.8) is 0 Å². The number of sulfone groups is 1. The molecule has 1 atom stereocenters. The van der Waals surface area contributed by atoms with E-state index in [1.807, 2.05) is 32.1 Å². The molecular formula is C13H23N5O2S. The molecule has 2 rings (SSSR count). The minimum absolute atomic E-state index is 0.000440. The second-order valence-corrected chi connectivity index (χ2v) is 7.89. The zero-order chi connectivity index (χ0) is 15.5. The number of hydrogen-bond acceptors (Lipinski definition) is 7. The summed E-state index contributed by atoms with van der Waals surface area (Å²) in [6, 6.07) is 1.86. The normalized spacial score (nSPS) is 20.7. The van der Waals surface area contributed by atoms with E-state index in [2.05, 4.69) is 20.2 Å². The molecule has 2 heterocycles. The molecule has 7 nitrogen and oxygen atoms in total. The molecule has 8 heteroatoms. The van der Waals surface area contributed by atoms with Crippen LogP contribution in [0, 0.1) is 0 Å². The largest absolute Gasteiger partial charge is 0.369 e. The van der Waals surface area contributed by atoms with E-state index in [-0.39, 0.29) is 17.5 Å². The van der Waals surface area contributed by atoms with Crippen LogP contribution < -0.4 is 10.2 Å². The van der Waals surface area contributed by atoms with Gasteiger partial charge in [0.25, 0.3) is 0 Å². The average Bonchev–Trinajstić information content (AvgIpc) is 2.78. The zero-order valence-electron chi connectivity index (χ0n) is 12.8. The molecule has 0 aromatic carbocycles. The highest BCUT2D eigenvalue weighted by Gasteiger charge is 2.31. The third-order valence-corrected chi connectivity index (χ3v) is 5.39. The van der Waals surface area contributed by atoms with E-state index < -0.39 is 9.84 Å². The molecule has 1 aliphatic rings. The number of hydrogen-bond donors (Lipinski definition) is 1. The number of likely N-dealkylation sites (N-methyl/N-ethyl adjacent to an activating group) is 1. The summed E-state index contributed by atoms with van der Waals surface area (Å²) in [5.41, 5.74) is 0. The Hall–Kier alpha value is -1.41. The maximum absolute atomic E-state index is 11.6. The number of anilines is 2. The summed E-state index contributed by atoms with van der Waals surface area (Å²) < 4.78 is 23.1. The van der Waals surface area contributed by atoms with Gasteiger partial charge >= 0.3 is 0 Å². The molecule has 1 aromatic heterocycles. The van der Waals surface area contributed by atoms with Gasteiger partial charge in [-0.1, -0.05) is 0 Å². The van der Waals surface area contributed by atoms with E-state index in [1.54, 1.807) is 0 Å². The van der Waals surface area contributed by atoms with Crippen molar-refractivity contribution in [2.75, 3.05) is 56.0 Å². The summed E-state index contributed by atoms with van der Waals surface area (Å²) in [7, 11) is 3.03. The van der Waals surface area contributed by atoms with E-state index in [4.69, 9.17) is 0 Å². The Balaban J connectivity index is 2.00. The summed E-state index contributed by atoms with van der Waals surface area (Å²) in [6.45, 7) is 1.71. The molecule has 1 aromatic rings. The molecule has 118 valence electrons. The highest BCUT2D eigenvalue weighted by molar-refractivity contribution is 7.91. The molecule has 21 heavy (non-hydrogen) atoms. The van der Waals surface area contributed by atoms with Gasteiger partial charge < -0.3 is 15.1 Å². The van der Waals surface area contributed by atoms with Crippen LogP contribution in [0.15, 0.2) is 12.4 Å². The Labute approximate surface area is 126 Å². The topological polar surface area (TPSA) is 78.4 Å². The average molecular weight is 313 g/mol. The van der Waals surface area contributed by atoms with Crippen LogP contribution in [0.5, 0.6) is 0 Å². The fraction of sp³-hybridized carbons (Fsp3) is 0.692. The lowest BCUT2D eigenvalue weighted by atomic mass is 10.2. The second kappa shape index (κ2) is 6.57. The second-order valence-electron chi connectivity index (χ2n) is 5.66. The summed E-state index contributed by atoms with van der Waals surface area (Å²) in [4.78, 5) is 12.5. The lowest BCUT2D eigenvalue weighted by Gasteiger charge is -2.24. The first kappa shape index (κ1) is 16.0. The number of rotatable bonds is 6. The Morgan fingerprint density at radius 3 is 2.71 bits per heavy atom. The quantitative estimate of drug-likeness (QED) is 0.796. The summed E-state index contributed by atoms with van der Waals surface area (Å²) in [5, 5.41) is 3.24. The van der Waals surface area contributed by atoms with Crippen molar-refractivity contribution in [1.29, 1.82) is 0 Å². The van der Waals surface area contributed by atoms with Crippen LogP contribution in [-0.4, -0.2) is 75.1 Å². The molecule has 1 N–H and O–H groups in total. The molecular weight excluding hydrogens is 290 g/mol. The summed E-state index contributed by atoms with van der Waals surface area (Å²) >= 11 is 0. The molecule has 0 spiro atoms. The Kier molecular flexibility index (Phi) is 5.00. The van der Waals surface area contributed by atoms with Crippen molar-refractivity contribution in [3.05, 3.63) is 12.4 Å². The predicted molar refractivity (Wildman–Crippen MR) is 84.5 cm³/mol. The molecule has 1 fully saturated rings. The standard InChI is InChI=1S/C13H23N5O2S/c1-17(2)6-5-14-12-8-13(16-10-15-12)18(3)11-4-7-21(19,20)9-11/h8,10-11H,4-7,9H2,1-3H3,(H,14,15,16). The molecule has 0 aliphatic carbocycles. The van der Waals surface area contributed by atoms with Crippen molar-refractivity contribution in [3.8, 4) is 0 Å². The van der Waals surface area contributed by atoms with Crippen LogP contribution in [0.2, 0.25) is 0 Å². The van der Waals surface area contributed by atoms with Gasteiger partial charge in [0.1, 0.15) is 18.0 Å². The molecule has 1 aliphatic heterocycles. The van der Waals surface area contributed by atoms with Gasteiger partial charge in [-0.05, 0) is 20.5 Å². The van der Waals surface area contributed by atoms with Crippen molar-refractivity contribution >= 4 is 21.5 Å². The Bertz CT molecular complexity index is 576. The maximum atomic E-state index is 11.6. The van der Waals surface area contributed by atoms with Gasteiger partial charge in [-0.25, -0.2) is 18.4 Å². The van der Waals surface area contributed by atoms with Crippen LogP contribution >= 0.6 is 0 Å². The van der Waals surface area contributed by atoms with Gasteiger partial charge in [0.15, 0.2) is 9.84 Å². The highest BCUT2D eigenvalue weighted by Crippen LogP contribution is 2.22. The number of aromatic nitrogens is 2. The van der Waals surface area contributed by atoms with Crippen LogP contribution in [0.25, 0.3) is 0 Å². The van der Waals surface area contributed by atoms with Gasteiger partial charge in [0.05, 0.1) is 11.5 Å². The maximum Gasteiger partial charge on any atom is 0.152 e. The van der Waals surface area contributed by atoms with Crippen molar-refractivity contribution in [1.82, 2.24) is 14.9 Å². The van der Waals surface area contributed by atoms with Crippen LogP contribution in [0.4, 0.5) is 11.6 Å². The first-order valence-electron chi connectivity index (χ1n) is 7.01. The lowest BCUT2D eigenvalue weighted by Crippen LogP contribution is -2.33. The number of nitrogens with one attached hydrogen (secondary N) is 1. The fourth-order valence-corrected chi connectivity index (χ4v) is 4.09. The van der Waals surface area contributed by atoms with Crippen LogP contribution in [0.1, 0.15) is 6.42 Å². The van der Waals surface area contributed by atoms with E-state index in [9.17, 15) is 8.42 Å². The molecule has 1 saturated heterocycles. The summed E-state index contributed by atoms with van der Waals surface area (Å²) in [5.74, 6) is 1.98. The van der Waals surface area contributed by atoms with Gasteiger partial charge in [-0.3, -0.25) is 0 Å². The van der Waals surface area contributed by atoms with E-state index in [0.29, 0.717) is 6.42 Å². The molecule has 0 saturated carbocycles. The first-order chi connectivity index (χ1) is 9.87. The third kappa shape index (κ3) is 4.53. The fourth-order valence-electron chi connectivity index (χ4n) is 2.31. The van der Waals surface area contributed by atoms with Crippen LogP contribution in [-0.2, 0) is 9.84 Å². The van der Waals surface area contributed by atoms with Gasteiger partial charge in [-0.15, -0.1) is 0 Å². The van der Waals surface area contributed by atoms with E-state index in [1.165, 1.54) is 6.33 Å². The smallest absolute Gasteiger partial charge is 0.152 e. The van der Waals surface area contributed by atoms with E-state index >= 15 is 0 Å². The van der Waals surface area contributed by atoms with Crippen molar-refractivity contribution < 1.29 is 8.42 Å². The van der Waals surface area contributed by atoms with Gasteiger partial charge in [-0.2, -0.15) is 0 Å². The van der Waals surface area contributed by atoms with E-state index in [0.717, 1.165) is 24.7 Å². The molecule has 0 amide bonds. The van der Waals surface area contributed by atoms with Crippen LogP contribution in [0.3, 0.4) is 0 Å². The van der Waals surface area contributed by atoms with Crippen molar-refractivity contribution in [2.24, 2.45) is 0 Å². The Morgan fingerprint density at radius 1 is 1.33 bits per heavy atom. The highest BCUT2D eigenvalue weighted by atomic mass is 32.2. The number of nitrogens with zero attached hydrogens (tertiary/aromatic N) is 4. The molecule has 0 radical (unpaired) electrons. The minimum atomic E-state index is -2.89. The predicted octanol–water partition coefficient (Wildman–Crippen LogP) is 0.0734. The molecule has 1 unspecified atom stereocenters. The SMILES string of the molecule is CN(C)CCNc1cc(N(C)C2CCS(=O)(=O)C2)ncn1.